The standard InChI is InChI=1S/C81H73B3N3O6.Ir/c1-76(2)77(3,4)89-82(88-76)62-30-22-27-54(46-62)73-41-39-57(50-85-73)65-33-16-18-35-67(65)59-43-60(68-36-19-17-34-66(68)58-40-42-74(86-51-58)55-28-23-31-63(47-55)83-90-78(5,6)79(7,8)91-83)45-61(44-59)69-37-20-21-38-70(69)72-52-87-75(49-71(72)53-25-14-13-15-26-53)56-29-24-32-64(48-56)84-92-80(9,10)81(11,12)93-84;/h13-26,30-52H,1-12H3;/q-3;+3. The molecule has 3 saturated heterocycles. The van der Waals surface area contributed by atoms with Gasteiger partial charge in [0.05, 0.1) is 33.6 Å². The number of rotatable bonds is 13. The van der Waals surface area contributed by atoms with Crippen molar-refractivity contribution in [3.05, 3.63) is 243 Å². The Bertz CT molecular complexity index is 4400. The molecule has 0 saturated carbocycles. The third-order valence-corrected chi connectivity index (χ3v) is 20.0. The van der Waals surface area contributed by atoms with Crippen LogP contribution in [-0.4, -0.2) is 69.9 Å². The first-order valence-corrected chi connectivity index (χ1v) is 32.1. The summed E-state index contributed by atoms with van der Waals surface area (Å²) in [6.45, 7) is 24.9. The number of hydrogen-bond acceptors (Lipinski definition) is 9. The SMILES string of the molecule is CC1(C)OB(c2cc[c-]c(-c3ccc(-c4ccccc4-c4cc(-c5ccccc5-c5ccc(-c6[c-]ccc(B7OC(C)(C)C(C)(C)O7)c6)nc5)cc(-c5ccccc5-c5cnc(-c6[c-]ccc(B7OC(C)(C)C(C)(C)O7)c6)cc5-c5ccccc5)c4)cn3)c2)OC1(C)C.[Ir+3]. The summed E-state index contributed by atoms with van der Waals surface area (Å²) in [6, 6.07) is 82.4. The number of hydrogen-bond donors (Lipinski definition) is 0. The van der Waals surface area contributed by atoms with Gasteiger partial charge in [-0.15, -0.1) is 106 Å². The van der Waals surface area contributed by atoms with Crippen LogP contribution >= 0.6 is 0 Å². The minimum atomic E-state index is -0.527. The molecule has 466 valence electrons. The molecule has 11 aromatic rings. The van der Waals surface area contributed by atoms with Crippen LogP contribution in [0.25, 0.3) is 112 Å². The molecule has 3 aromatic heterocycles. The van der Waals surface area contributed by atoms with Crippen LogP contribution in [0.4, 0.5) is 0 Å². The summed E-state index contributed by atoms with van der Waals surface area (Å²) in [5, 5.41) is 0. The molecule has 14 rings (SSSR count). The predicted molar refractivity (Wildman–Crippen MR) is 378 cm³/mol. The Balaban J connectivity index is 0.00000803. The first-order valence-electron chi connectivity index (χ1n) is 32.1. The molecule has 13 heteroatoms. The molecule has 9 nitrogen and oxygen atoms in total. The zero-order chi connectivity index (χ0) is 64.7. The molecule has 6 heterocycles. The molecule has 0 bridgehead atoms. The zero-order valence-electron chi connectivity index (χ0n) is 55.2. The van der Waals surface area contributed by atoms with Gasteiger partial charge in [0.2, 0.25) is 0 Å². The molecule has 3 fully saturated rings. The van der Waals surface area contributed by atoms with Crippen LogP contribution in [0.2, 0.25) is 0 Å². The molecule has 0 N–H and O–H groups in total. The molecule has 0 amide bonds. The van der Waals surface area contributed by atoms with Crippen molar-refractivity contribution in [1.29, 1.82) is 0 Å². The third-order valence-electron chi connectivity index (χ3n) is 20.0. The molecule has 0 atom stereocenters. The topological polar surface area (TPSA) is 94.1 Å². The number of nitrogens with zero attached hydrogens (tertiary/aromatic N) is 3. The number of aromatic nitrogens is 3. The van der Waals surface area contributed by atoms with Crippen LogP contribution in [-0.2, 0) is 48.0 Å². The Hall–Kier alpha value is -8.19. The van der Waals surface area contributed by atoms with E-state index < -0.39 is 55.0 Å². The Kier molecular flexibility index (Phi) is 17.1. The van der Waals surface area contributed by atoms with E-state index in [2.05, 4.69) is 271 Å². The molecule has 0 radical (unpaired) electrons. The van der Waals surface area contributed by atoms with Crippen molar-refractivity contribution in [3.63, 3.8) is 0 Å². The molecule has 3 aliphatic rings. The summed E-state index contributed by atoms with van der Waals surface area (Å²) in [7, 11) is -1.53. The van der Waals surface area contributed by atoms with E-state index in [1.165, 1.54) is 0 Å². The van der Waals surface area contributed by atoms with Gasteiger partial charge < -0.3 is 42.9 Å². The molecule has 8 aromatic carbocycles. The normalized spacial score (nSPS) is 17.3. The van der Waals surface area contributed by atoms with Gasteiger partial charge in [-0.3, -0.25) is 0 Å². The summed E-state index contributed by atoms with van der Waals surface area (Å²) in [4.78, 5) is 15.5. The quantitative estimate of drug-likeness (QED) is 0.0826. The molecular weight excluding hydrogens is 1340 g/mol. The van der Waals surface area contributed by atoms with Gasteiger partial charge in [-0.05, 0) is 191 Å². The fourth-order valence-electron chi connectivity index (χ4n) is 12.4. The number of pyridine rings is 3. The fraction of sp³-hybridized carbons (Fsp3) is 0.222. The smallest absolute Gasteiger partial charge is 0.400 e. The average molecular weight is 1410 g/mol. The van der Waals surface area contributed by atoms with Crippen molar-refractivity contribution in [3.8, 4) is 112 Å². The Morgan fingerprint density at radius 3 is 0.926 bits per heavy atom. The van der Waals surface area contributed by atoms with E-state index in [9.17, 15) is 0 Å². The second-order valence-corrected chi connectivity index (χ2v) is 27.7. The molecule has 94 heavy (non-hydrogen) atoms. The predicted octanol–water partition coefficient (Wildman–Crippen LogP) is 16.8. The van der Waals surface area contributed by atoms with E-state index in [0.29, 0.717) is 0 Å². The minimum Gasteiger partial charge on any atom is -0.400 e. The van der Waals surface area contributed by atoms with Crippen LogP contribution in [0, 0.1) is 18.2 Å². The molecular formula is C81H73B3IrN3O6. The zero-order valence-corrected chi connectivity index (χ0v) is 57.6. The molecule has 3 aliphatic heterocycles. The second-order valence-electron chi connectivity index (χ2n) is 27.7. The summed E-state index contributed by atoms with van der Waals surface area (Å²) in [5.41, 5.74) is 19.3. The molecule has 0 spiro atoms. The maximum Gasteiger partial charge on any atom is 3.00 e. The van der Waals surface area contributed by atoms with Crippen LogP contribution in [0.3, 0.4) is 0 Å². The van der Waals surface area contributed by atoms with Gasteiger partial charge in [-0.2, -0.15) is 0 Å². The Labute approximate surface area is 568 Å². The van der Waals surface area contributed by atoms with E-state index in [4.69, 9.17) is 42.9 Å². The van der Waals surface area contributed by atoms with Gasteiger partial charge in [0, 0.05) is 24.2 Å². The first kappa shape index (κ1) is 64.5. The maximum atomic E-state index is 6.51. The van der Waals surface area contributed by atoms with Gasteiger partial charge in [0.15, 0.2) is 0 Å². The van der Waals surface area contributed by atoms with E-state index in [1.807, 2.05) is 55.0 Å². The van der Waals surface area contributed by atoms with Gasteiger partial charge in [-0.1, -0.05) is 133 Å². The second kappa shape index (κ2) is 24.9. The van der Waals surface area contributed by atoms with Crippen LogP contribution in [0.15, 0.2) is 225 Å². The van der Waals surface area contributed by atoms with E-state index in [-0.39, 0.29) is 20.1 Å². The summed E-state index contributed by atoms with van der Waals surface area (Å²) in [6.07, 6.45) is 5.95. The van der Waals surface area contributed by atoms with Crippen molar-refractivity contribution in [1.82, 2.24) is 15.0 Å². The Morgan fingerprint density at radius 1 is 0.266 bits per heavy atom. The van der Waals surface area contributed by atoms with Gasteiger partial charge >= 0.3 is 41.5 Å². The van der Waals surface area contributed by atoms with Crippen molar-refractivity contribution < 1.29 is 48.0 Å². The van der Waals surface area contributed by atoms with Gasteiger partial charge in [0.25, 0.3) is 0 Å². The summed E-state index contributed by atoms with van der Waals surface area (Å²) >= 11 is 0. The van der Waals surface area contributed by atoms with Crippen molar-refractivity contribution in [2.24, 2.45) is 0 Å². The van der Waals surface area contributed by atoms with Gasteiger partial charge in [0.1, 0.15) is 0 Å². The fourth-order valence-corrected chi connectivity index (χ4v) is 12.4. The van der Waals surface area contributed by atoms with E-state index >= 15 is 0 Å². The van der Waals surface area contributed by atoms with Crippen LogP contribution < -0.4 is 16.4 Å². The maximum absolute atomic E-state index is 6.51. The van der Waals surface area contributed by atoms with E-state index in [1.54, 1.807) is 0 Å². The third kappa shape index (κ3) is 12.2. The van der Waals surface area contributed by atoms with Crippen molar-refractivity contribution >= 4 is 37.7 Å². The number of benzene rings is 8. The first-order chi connectivity index (χ1) is 44.5. The monoisotopic (exact) mass is 1410 g/mol. The van der Waals surface area contributed by atoms with Crippen molar-refractivity contribution in [2.45, 2.75) is 117 Å². The van der Waals surface area contributed by atoms with Crippen LogP contribution in [0.5, 0.6) is 0 Å². The average Bonchev–Trinajstić information content (AvgIpc) is 1.22. The minimum absolute atomic E-state index is 0. The van der Waals surface area contributed by atoms with Gasteiger partial charge in [-0.25, -0.2) is 0 Å². The largest absolute Gasteiger partial charge is 3.00 e. The Morgan fingerprint density at radius 2 is 0.574 bits per heavy atom. The summed E-state index contributed by atoms with van der Waals surface area (Å²) < 4.78 is 38.8. The van der Waals surface area contributed by atoms with Crippen molar-refractivity contribution in [2.75, 3.05) is 0 Å². The molecule has 0 aliphatic carbocycles. The van der Waals surface area contributed by atoms with Crippen LogP contribution in [0.1, 0.15) is 83.1 Å². The molecule has 0 unspecified atom stereocenters. The summed E-state index contributed by atoms with van der Waals surface area (Å²) in [5.74, 6) is 0. The van der Waals surface area contributed by atoms with E-state index in [0.717, 1.165) is 128 Å².